The van der Waals surface area contributed by atoms with Gasteiger partial charge in [-0.1, -0.05) is 32.6 Å². The molecule has 0 aromatic carbocycles. The van der Waals surface area contributed by atoms with Gasteiger partial charge in [-0.15, -0.1) is 0 Å². The Morgan fingerprint density at radius 1 is 1.21 bits per heavy atom. The molecule has 6 heteroatoms. The smallest absolute Gasteiger partial charge is 0.328 e. The average molecular weight is 227 g/mol. The van der Waals surface area contributed by atoms with Crippen molar-refractivity contribution in [3.63, 3.8) is 0 Å². The van der Waals surface area contributed by atoms with E-state index in [1.54, 1.807) is 0 Å². The van der Waals surface area contributed by atoms with E-state index < -0.39 is 10.4 Å². The van der Waals surface area contributed by atoms with E-state index in [0.29, 0.717) is 6.04 Å². The molecule has 0 saturated carbocycles. The van der Waals surface area contributed by atoms with Crippen LogP contribution in [-0.2, 0) is 10.4 Å². The van der Waals surface area contributed by atoms with E-state index in [0.717, 1.165) is 0 Å². The molecule has 1 unspecified atom stereocenters. The Kier molecular flexibility index (Phi) is 10.9. The summed E-state index contributed by atoms with van der Waals surface area (Å²) in [4.78, 5) is 0. The van der Waals surface area contributed by atoms with Crippen molar-refractivity contribution < 1.29 is 17.5 Å². The van der Waals surface area contributed by atoms with Gasteiger partial charge in [0, 0.05) is 6.04 Å². The van der Waals surface area contributed by atoms with Gasteiger partial charge in [0.1, 0.15) is 0 Å². The molecule has 0 aliphatic heterocycles. The lowest BCUT2D eigenvalue weighted by molar-refractivity contribution is 0.381. The van der Waals surface area contributed by atoms with Crippen LogP contribution in [0.5, 0.6) is 0 Å². The van der Waals surface area contributed by atoms with Gasteiger partial charge in [0.15, 0.2) is 0 Å². The second kappa shape index (κ2) is 9.39. The van der Waals surface area contributed by atoms with Crippen LogP contribution < -0.4 is 5.73 Å². The van der Waals surface area contributed by atoms with Crippen molar-refractivity contribution in [2.45, 2.75) is 52.0 Å². The van der Waals surface area contributed by atoms with Crippen molar-refractivity contribution in [3.8, 4) is 0 Å². The first-order valence-electron chi connectivity index (χ1n) is 4.72. The maximum Gasteiger partial charge on any atom is 0.394 e. The van der Waals surface area contributed by atoms with Gasteiger partial charge in [0.25, 0.3) is 0 Å². The first kappa shape index (κ1) is 16.3. The minimum atomic E-state index is -4.67. The summed E-state index contributed by atoms with van der Waals surface area (Å²) in [5.41, 5.74) is 5.57. The molecule has 5 nitrogen and oxygen atoms in total. The fraction of sp³-hybridized carbons (Fsp3) is 1.00. The van der Waals surface area contributed by atoms with Crippen LogP contribution in [0.2, 0.25) is 0 Å². The largest absolute Gasteiger partial charge is 0.394 e. The normalized spacial score (nSPS) is 12.9. The van der Waals surface area contributed by atoms with Gasteiger partial charge in [-0.05, 0) is 13.3 Å². The molecule has 0 aliphatic carbocycles. The second-order valence-corrected chi connectivity index (χ2v) is 4.17. The van der Waals surface area contributed by atoms with Crippen molar-refractivity contribution >= 4 is 10.4 Å². The van der Waals surface area contributed by atoms with Crippen molar-refractivity contribution in [3.05, 3.63) is 0 Å². The number of unbranched alkanes of at least 4 members (excludes halogenated alkanes) is 3. The van der Waals surface area contributed by atoms with Gasteiger partial charge >= 0.3 is 10.4 Å². The van der Waals surface area contributed by atoms with Crippen LogP contribution in [0, 0.1) is 0 Å². The van der Waals surface area contributed by atoms with Crippen LogP contribution in [0.1, 0.15) is 46.0 Å². The molecule has 0 radical (unpaired) electrons. The summed E-state index contributed by atoms with van der Waals surface area (Å²) >= 11 is 0. The molecule has 0 aliphatic rings. The maximum absolute atomic E-state index is 8.74. The van der Waals surface area contributed by atoms with Crippen molar-refractivity contribution in [2.24, 2.45) is 5.73 Å². The molecule has 0 aromatic heterocycles. The Balaban J connectivity index is 0. The first-order chi connectivity index (χ1) is 6.27. The van der Waals surface area contributed by atoms with E-state index in [1.165, 1.54) is 32.1 Å². The SMILES string of the molecule is CCCCCCC(C)N.O=S(=O)(O)O. The zero-order chi connectivity index (χ0) is 11.6. The predicted octanol–water partition coefficient (Wildman–Crippen LogP) is 1.65. The number of rotatable bonds is 5. The highest BCUT2D eigenvalue weighted by Gasteiger charge is 1.91. The summed E-state index contributed by atoms with van der Waals surface area (Å²) < 4.78 is 31.6. The van der Waals surface area contributed by atoms with Gasteiger partial charge in [-0.25, -0.2) is 0 Å². The molecule has 0 aromatic rings. The van der Waals surface area contributed by atoms with Crippen molar-refractivity contribution in [2.75, 3.05) is 0 Å². The molecular weight excluding hydrogens is 206 g/mol. The summed E-state index contributed by atoms with van der Waals surface area (Å²) in [7, 11) is -4.67. The highest BCUT2D eigenvalue weighted by molar-refractivity contribution is 7.79. The second-order valence-electron chi connectivity index (χ2n) is 3.27. The molecule has 1 atom stereocenters. The van der Waals surface area contributed by atoms with E-state index >= 15 is 0 Å². The molecule has 0 fully saturated rings. The lowest BCUT2D eigenvalue weighted by Crippen LogP contribution is -2.13. The molecule has 0 heterocycles. The average Bonchev–Trinajstić information content (AvgIpc) is 1.94. The van der Waals surface area contributed by atoms with Gasteiger partial charge in [-0.2, -0.15) is 8.42 Å². The molecule has 4 N–H and O–H groups in total. The summed E-state index contributed by atoms with van der Waals surface area (Å²) in [6, 6.07) is 0.404. The number of nitrogens with two attached hydrogens (primary N) is 1. The van der Waals surface area contributed by atoms with Crippen molar-refractivity contribution in [1.29, 1.82) is 0 Å². The van der Waals surface area contributed by atoms with E-state index in [4.69, 9.17) is 23.3 Å². The maximum atomic E-state index is 8.74. The Bertz CT molecular complexity index is 193. The third-order valence-corrected chi connectivity index (χ3v) is 1.51. The van der Waals surface area contributed by atoms with Crippen molar-refractivity contribution in [1.82, 2.24) is 0 Å². The Hall–Kier alpha value is -0.170. The van der Waals surface area contributed by atoms with Crippen LogP contribution in [0.15, 0.2) is 0 Å². The molecule has 0 rings (SSSR count). The van der Waals surface area contributed by atoms with Crippen LogP contribution in [-0.4, -0.2) is 23.6 Å². The predicted molar refractivity (Wildman–Crippen MR) is 56.6 cm³/mol. The zero-order valence-corrected chi connectivity index (χ0v) is 9.63. The van der Waals surface area contributed by atoms with Crippen LogP contribution in [0.25, 0.3) is 0 Å². The Morgan fingerprint density at radius 2 is 1.64 bits per heavy atom. The van der Waals surface area contributed by atoms with Gasteiger partial charge in [0.2, 0.25) is 0 Å². The quantitative estimate of drug-likeness (QED) is 0.489. The molecular formula is C8H21NO4S. The minimum absolute atomic E-state index is 0.404. The van der Waals surface area contributed by atoms with Crippen LogP contribution in [0.4, 0.5) is 0 Å². The van der Waals surface area contributed by atoms with Gasteiger partial charge in [0.05, 0.1) is 0 Å². The topological polar surface area (TPSA) is 101 Å². The van der Waals surface area contributed by atoms with Crippen LogP contribution in [0.3, 0.4) is 0 Å². The summed E-state index contributed by atoms with van der Waals surface area (Å²) in [6.45, 7) is 4.30. The molecule has 88 valence electrons. The summed E-state index contributed by atoms with van der Waals surface area (Å²) in [5, 5.41) is 0. The fourth-order valence-electron chi connectivity index (χ4n) is 0.893. The third-order valence-electron chi connectivity index (χ3n) is 1.51. The number of hydrogen-bond donors (Lipinski definition) is 3. The lowest BCUT2D eigenvalue weighted by Gasteiger charge is -2.02. The summed E-state index contributed by atoms with van der Waals surface area (Å²) in [6.07, 6.45) is 6.55. The van der Waals surface area contributed by atoms with E-state index in [1.807, 2.05) is 0 Å². The monoisotopic (exact) mass is 227 g/mol. The Labute approximate surface area is 86.3 Å². The van der Waals surface area contributed by atoms with E-state index in [-0.39, 0.29) is 0 Å². The first-order valence-corrected chi connectivity index (χ1v) is 6.12. The number of hydrogen-bond acceptors (Lipinski definition) is 3. The molecule has 0 spiro atoms. The van der Waals surface area contributed by atoms with Gasteiger partial charge < -0.3 is 5.73 Å². The molecule has 0 saturated heterocycles. The molecule has 0 amide bonds. The van der Waals surface area contributed by atoms with E-state index in [2.05, 4.69) is 13.8 Å². The fourth-order valence-corrected chi connectivity index (χ4v) is 0.893. The van der Waals surface area contributed by atoms with E-state index in [9.17, 15) is 0 Å². The standard InChI is InChI=1S/C8H19N.H2O4S/c1-3-4-5-6-7-8(2)9;1-5(2,3)4/h8H,3-7,9H2,1-2H3;(H2,1,2,3,4). The highest BCUT2D eigenvalue weighted by atomic mass is 32.3. The van der Waals surface area contributed by atoms with Crippen LogP contribution >= 0.6 is 0 Å². The molecule has 0 bridgehead atoms. The minimum Gasteiger partial charge on any atom is -0.328 e. The lowest BCUT2D eigenvalue weighted by atomic mass is 10.1. The van der Waals surface area contributed by atoms with Gasteiger partial charge in [-0.3, -0.25) is 9.11 Å². The zero-order valence-electron chi connectivity index (χ0n) is 8.81. The Morgan fingerprint density at radius 3 is 1.93 bits per heavy atom. The highest BCUT2D eigenvalue weighted by Crippen LogP contribution is 2.03. The molecule has 14 heavy (non-hydrogen) atoms. The summed E-state index contributed by atoms with van der Waals surface area (Å²) in [5.74, 6) is 0. The third kappa shape index (κ3) is 40.8.